The summed E-state index contributed by atoms with van der Waals surface area (Å²) in [5, 5.41) is -0.165. The molecule has 0 aliphatic carbocycles. The van der Waals surface area contributed by atoms with Crippen molar-refractivity contribution in [3.63, 3.8) is 0 Å². The first-order valence-electron chi connectivity index (χ1n) is 12.8. The maximum Gasteiger partial charge on any atom is 0.534 e. The van der Waals surface area contributed by atoms with E-state index in [0.717, 1.165) is 23.6 Å². The fourth-order valence-corrected chi connectivity index (χ4v) is 6.86. The minimum absolute atomic E-state index is 0.491. The van der Waals surface area contributed by atoms with Crippen molar-refractivity contribution in [3.05, 3.63) is 119 Å². The maximum atomic E-state index is 14.0. The Balaban J connectivity index is 1.64. The van der Waals surface area contributed by atoms with Crippen LogP contribution < -0.4 is 5.32 Å². The van der Waals surface area contributed by atoms with E-state index < -0.39 is 67.6 Å². The Kier molecular flexibility index (Phi) is 8.25. The van der Waals surface area contributed by atoms with Gasteiger partial charge < -0.3 is 14.2 Å². The topological polar surface area (TPSA) is 119 Å². The van der Waals surface area contributed by atoms with Gasteiger partial charge in [-0.3, -0.25) is 14.5 Å². The Morgan fingerprint density at radius 2 is 1.42 bits per heavy atom. The van der Waals surface area contributed by atoms with Crippen molar-refractivity contribution < 1.29 is 44.9 Å². The second-order valence-electron chi connectivity index (χ2n) is 9.51. The van der Waals surface area contributed by atoms with E-state index in [2.05, 4.69) is 9.50 Å². The molecule has 1 N–H and O–H groups in total. The molecule has 3 atom stereocenters. The highest BCUT2D eigenvalue weighted by Gasteiger charge is 2.59. The molecule has 0 bridgehead atoms. The number of nitrogens with one attached hydrogen (secondary N) is 1. The minimum Gasteiger partial charge on any atom is -0.448 e. The number of alkyl halides is 3. The van der Waals surface area contributed by atoms with Gasteiger partial charge in [-0.2, -0.15) is 21.6 Å². The third-order valence-corrected chi connectivity index (χ3v) is 8.96. The van der Waals surface area contributed by atoms with Gasteiger partial charge in [-0.1, -0.05) is 91.0 Å². The molecule has 43 heavy (non-hydrogen) atoms. The maximum absolute atomic E-state index is 14.0. The summed E-state index contributed by atoms with van der Waals surface area (Å²) in [7, 11) is -6.33. The van der Waals surface area contributed by atoms with Gasteiger partial charge >= 0.3 is 21.6 Å². The van der Waals surface area contributed by atoms with Crippen molar-refractivity contribution in [2.45, 2.75) is 35.2 Å². The Bertz CT molecular complexity index is 1630. The molecule has 2 amide bonds. The van der Waals surface area contributed by atoms with Crippen molar-refractivity contribution in [1.29, 1.82) is 0 Å². The van der Waals surface area contributed by atoms with Crippen LogP contribution in [-0.4, -0.2) is 47.4 Å². The highest BCUT2D eigenvalue weighted by molar-refractivity contribution is 8.00. The summed E-state index contributed by atoms with van der Waals surface area (Å²) in [6.45, 7) is 1.06. The average molecular weight is 633 g/mol. The van der Waals surface area contributed by atoms with Gasteiger partial charge in [0, 0.05) is 6.92 Å². The number of ether oxygens (including phenoxy) is 1. The van der Waals surface area contributed by atoms with E-state index in [0.29, 0.717) is 16.7 Å². The molecule has 2 aliphatic heterocycles. The van der Waals surface area contributed by atoms with E-state index in [1.807, 2.05) is 0 Å². The van der Waals surface area contributed by atoms with Crippen LogP contribution in [0, 0.1) is 0 Å². The second kappa shape index (κ2) is 11.8. The van der Waals surface area contributed by atoms with Crippen molar-refractivity contribution >= 4 is 39.7 Å². The Morgan fingerprint density at radius 3 is 1.91 bits per heavy atom. The second-order valence-corrected chi connectivity index (χ2v) is 12.3. The van der Waals surface area contributed by atoms with E-state index in [9.17, 15) is 36.0 Å². The number of rotatable bonds is 8. The molecule has 1 unspecified atom stereocenters. The van der Waals surface area contributed by atoms with Gasteiger partial charge in [-0.15, -0.1) is 11.8 Å². The Morgan fingerprint density at radius 1 is 0.907 bits per heavy atom. The van der Waals surface area contributed by atoms with E-state index in [-0.39, 0.29) is 0 Å². The first kappa shape index (κ1) is 30.2. The van der Waals surface area contributed by atoms with Crippen molar-refractivity contribution in [3.8, 4) is 0 Å². The summed E-state index contributed by atoms with van der Waals surface area (Å²) in [4.78, 5) is 40.4. The smallest absolute Gasteiger partial charge is 0.448 e. The van der Waals surface area contributed by atoms with E-state index in [1.54, 1.807) is 91.0 Å². The average Bonchev–Trinajstić information content (AvgIpc) is 2.97. The SMILES string of the molecule is CC(=O)NC1S[C@@H]2[C@H](c3ccccc3)C(=O)N2C(C(=O)OC(c2ccccc2)c2ccccc2)=C1OS(=O)(=O)C(F)(F)F. The van der Waals surface area contributed by atoms with Gasteiger partial charge in [0.05, 0.1) is 5.92 Å². The normalized spacial score (nSPS) is 20.3. The zero-order valence-electron chi connectivity index (χ0n) is 22.2. The first-order chi connectivity index (χ1) is 20.4. The van der Waals surface area contributed by atoms with Gasteiger partial charge in [-0.05, 0) is 16.7 Å². The quantitative estimate of drug-likeness (QED) is 0.166. The molecule has 2 heterocycles. The van der Waals surface area contributed by atoms with Gasteiger partial charge in [0.25, 0.3) is 0 Å². The number of hydrogen-bond donors (Lipinski definition) is 1. The summed E-state index contributed by atoms with van der Waals surface area (Å²) >= 11 is 0.759. The number of benzene rings is 3. The van der Waals surface area contributed by atoms with Crippen molar-refractivity contribution in [2.24, 2.45) is 0 Å². The van der Waals surface area contributed by atoms with Crippen LogP contribution in [0.4, 0.5) is 13.2 Å². The lowest BCUT2D eigenvalue weighted by Gasteiger charge is -2.51. The summed E-state index contributed by atoms with van der Waals surface area (Å²) in [5.41, 5.74) is -5.20. The Hall–Kier alpha value is -4.30. The molecule has 9 nitrogen and oxygen atoms in total. The van der Waals surface area contributed by atoms with Gasteiger partial charge in [-0.25, -0.2) is 4.79 Å². The van der Waals surface area contributed by atoms with Crippen LogP contribution in [0.3, 0.4) is 0 Å². The third kappa shape index (κ3) is 5.97. The lowest BCUT2D eigenvalue weighted by Crippen LogP contribution is -2.62. The van der Waals surface area contributed by atoms with Crippen LogP contribution in [0.15, 0.2) is 102 Å². The zero-order valence-corrected chi connectivity index (χ0v) is 23.9. The van der Waals surface area contributed by atoms with Crippen LogP contribution in [0.1, 0.15) is 35.6 Å². The van der Waals surface area contributed by atoms with E-state index >= 15 is 0 Å². The molecule has 2 aliphatic rings. The predicted molar refractivity (Wildman–Crippen MR) is 149 cm³/mol. The van der Waals surface area contributed by atoms with E-state index in [4.69, 9.17) is 4.74 Å². The number of hydrogen-bond acceptors (Lipinski definition) is 8. The van der Waals surface area contributed by atoms with Crippen molar-refractivity contribution in [1.82, 2.24) is 10.2 Å². The number of halogens is 3. The molecular weight excluding hydrogens is 609 g/mol. The molecule has 0 spiro atoms. The molecule has 3 aromatic rings. The van der Waals surface area contributed by atoms with E-state index in [1.165, 1.54) is 0 Å². The molecule has 0 aromatic heterocycles. The number of amides is 2. The number of β-lactam (4-membered cyclic amide) rings is 1. The first-order valence-corrected chi connectivity index (χ1v) is 15.1. The van der Waals surface area contributed by atoms with Gasteiger partial charge in [0.15, 0.2) is 17.6 Å². The molecule has 224 valence electrons. The van der Waals surface area contributed by atoms with Gasteiger partial charge in [0.2, 0.25) is 11.8 Å². The fourth-order valence-electron chi connectivity index (χ4n) is 4.73. The number of carbonyl (C=O) groups excluding carboxylic acids is 3. The molecular formula is C29H23F3N2O7S2. The zero-order chi connectivity index (χ0) is 30.9. The summed E-state index contributed by atoms with van der Waals surface area (Å²) in [6, 6.07) is 25.3. The lowest BCUT2D eigenvalue weighted by molar-refractivity contribution is -0.154. The number of thioether (sulfide) groups is 1. The van der Waals surface area contributed by atoms with Crippen LogP contribution in [0.2, 0.25) is 0 Å². The summed E-state index contributed by atoms with van der Waals surface area (Å²) in [5.74, 6) is -4.73. The van der Waals surface area contributed by atoms with Crippen LogP contribution >= 0.6 is 11.8 Å². The number of fused-ring (bicyclic) bond motifs is 1. The van der Waals surface area contributed by atoms with Crippen molar-refractivity contribution in [2.75, 3.05) is 0 Å². The summed E-state index contributed by atoms with van der Waals surface area (Å²) < 4.78 is 75.2. The van der Waals surface area contributed by atoms with Crippen LogP contribution in [-0.2, 0) is 33.4 Å². The highest BCUT2D eigenvalue weighted by atomic mass is 32.2. The number of nitrogens with zero attached hydrogens (tertiary/aromatic N) is 1. The number of esters is 1. The summed E-state index contributed by atoms with van der Waals surface area (Å²) in [6.07, 6.45) is -1.10. The van der Waals surface area contributed by atoms with Crippen LogP contribution in [0.25, 0.3) is 0 Å². The minimum atomic E-state index is -6.33. The predicted octanol–water partition coefficient (Wildman–Crippen LogP) is 4.56. The lowest BCUT2D eigenvalue weighted by atomic mass is 9.89. The molecule has 14 heteroatoms. The fraction of sp³-hybridized carbons (Fsp3) is 0.207. The number of carbonyl (C=O) groups is 3. The molecule has 3 aromatic carbocycles. The molecule has 0 saturated carbocycles. The third-order valence-electron chi connectivity index (χ3n) is 6.63. The highest BCUT2D eigenvalue weighted by Crippen LogP contribution is 2.51. The molecule has 1 saturated heterocycles. The van der Waals surface area contributed by atoms with Crippen LogP contribution in [0.5, 0.6) is 0 Å². The van der Waals surface area contributed by atoms with Gasteiger partial charge in [0.1, 0.15) is 10.7 Å². The molecule has 5 rings (SSSR count). The monoisotopic (exact) mass is 632 g/mol. The largest absolute Gasteiger partial charge is 0.534 e. The Labute approximate surface area is 248 Å². The standard InChI is InChI=1S/C29H23F3N2O7S2/c1-17(35)33-25-24(41-43(38,39)29(30,31)32)22(34-26(36)21(27(34)42-25)18-11-5-2-6-12-18)28(37)40-23(19-13-7-3-8-14-19)20-15-9-4-10-16-20/h2-16,21,23,25,27H,1H3,(H,33,35)/t21-,25?,27-/m1/s1. The molecule has 0 radical (unpaired) electrons. The molecule has 1 fully saturated rings.